The first-order chi connectivity index (χ1) is 19.6. The number of hydrogen-bond donors (Lipinski definition) is 2. The number of rotatable bonds is 8. The van der Waals surface area contributed by atoms with E-state index < -0.39 is 22.7 Å². The zero-order chi connectivity index (χ0) is 29.4. The number of carbonyl (C=O) groups excluding carboxylic acids is 2. The number of alkyl halides is 3. The zero-order valence-electron chi connectivity index (χ0n) is 22.3. The van der Waals surface area contributed by atoms with E-state index in [0.29, 0.717) is 24.6 Å². The van der Waals surface area contributed by atoms with Gasteiger partial charge in [0.2, 0.25) is 17.2 Å². The first-order valence-electron chi connectivity index (χ1n) is 13.0. The number of hydroxylamine groups is 2. The first-order valence-corrected chi connectivity index (χ1v) is 13.0. The van der Waals surface area contributed by atoms with Crippen molar-refractivity contribution < 1.29 is 32.2 Å². The number of nitrogens with zero attached hydrogens (tertiary/aromatic N) is 6. The van der Waals surface area contributed by atoms with Crippen LogP contribution in [0.15, 0.2) is 46.2 Å². The monoisotopic (exact) mass is 573 g/mol. The Morgan fingerprint density at radius 1 is 1.22 bits per heavy atom. The maximum absolute atomic E-state index is 13.6. The number of nitrogens with one attached hydrogen (secondary N) is 1. The van der Waals surface area contributed by atoms with Crippen LogP contribution in [0.2, 0.25) is 0 Å². The molecule has 5 rings (SSSR count). The standard InChI is InChI=1S/C26H27F3N8O4/c1-3-37(40-25(39)26(27,28)29)21-17(24(38)31-12-11-16-10-7-13-36(16)2)14-32-18(15-8-5-4-6-9-15)19(21)33-23(37)20-22(30)35-41-34-20/h4-6,8-9,14,16H,3,7,10-13H2,1-2H3,(H2-,30,31,35,38)/p+1. The van der Waals surface area contributed by atoms with Gasteiger partial charge in [-0.15, -0.1) is 0 Å². The van der Waals surface area contributed by atoms with Crippen molar-refractivity contribution in [2.24, 2.45) is 4.99 Å². The van der Waals surface area contributed by atoms with E-state index in [1.165, 1.54) is 13.1 Å². The lowest BCUT2D eigenvalue weighted by Gasteiger charge is -2.30. The number of likely N-dealkylation sites (tertiary alicyclic amines) is 1. The molecule has 15 heteroatoms. The third-order valence-electron chi connectivity index (χ3n) is 7.32. The number of benzene rings is 1. The molecule has 4 heterocycles. The molecule has 3 N–H and O–H groups in total. The molecule has 0 spiro atoms. The van der Waals surface area contributed by atoms with E-state index in [9.17, 15) is 22.8 Å². The maximum atomic E-state index is 13.6. The lowest BCUT2D eigenvalue weighted by molar-refractivity contribution is -0.222. The lowest BCUT2D eigenvalue weighted by atomic mass is 10.1. The summed E-state index contributed by atoms with van der Waals surface area (Å²) in [6, 6.07) is 9.02. The molecule has 1 aromatic carbocycles. The van der Waals surface area contributed by atoms with Gasteiger partial charge in [-0.05, 0) is 54.7 Å². The van der Waals surface area contributed by atoms with Crippen LogP contribution in [-0.4, -0.2) is 76.8 Å². The third-order valence-corrected chi connectivity index (χ3v) is 7.32. The zero-order valence-corrected chi connectivity index (χ0v) is 22.3. The predicted octanol–water partition coefficient (Wildman–Crippen LogP) is 3.37. The van der Waals surface area contributed by atoms with E-state index in [-0.39, 0.29) is 46.5 Å². The molecule has 216 valence electrons. The average Bonchev–Trinajstić information content (AvgIpc) is 3.65. The molecule has 1 saturated heterocycles. The van der Waals surface area contributed by atoms with E-state index in [1.807, 2.05) is 7.05 Å². The number of carbonyl (C=O) groups is 2. The summed E-state index contributed by atoms with van der Waals surface area (Å²) in [5.41, 5.74) is 6.26. The summed E-state index contributed by atoms with van der Waals surface area (Å²) < 4.78 is 44.2. The highest BCUT2D eigenvalue weighted by molar-refractivity contribution is 6.18. The number of aliphatic imine (C=N–C) groups is 1. The van der Waals surface area contributed by atoms with Gasteiger partial charge >= 0.3 is 18.0 Å². The van der Waals surface area contributed by atoms with Crippen molar-refractivity contribution in [1.29, 1.82) is 0 Å². The van der Waals surface area contributed by atoms with Gasteiger partial charge in [0.25, 0.3) is 5.91 Å². The molecule has 0 aliphatic carbocycles. The fourth-order valence-electron chi connectivity index (χ4n) is 5.25. The molecule has 2 aliphatic heterocycles. The Bertz CT molecular complexity index is 1490. The molecule has 0 radical (unpaired) electrons. The second-order valence-electron chi connectivity index (χ2n) is 9.77. The fraction of sp³-hybridized carbons (Fsp3) is 0.385. The van der Waals surface area contributed by atoms with Crippen LogP contribution < -0.4 is 15.7 Å². The van der Waals surface area contributed by atoms with Gasteiger partial charge in [-0.2, -0.15) is 18.2 Å². The summed E-state index contributed by atoms with van der Waals surface area (Å²) in [5, 5.41) is 10.1. The Labute approximate surface area is 232 Å². The number of nitrogens with two attached hydrogens (primary N) is 1. The van der Waals surface area contributed by atoms with Gasteiger partial charge in [-0.25, -0.2) is 9.42 Å². The van der Waals surface area contributed by atoms with E-state index in [0.717, 1.165) is 19.4 Å². The van der Waals surface area contributed by atoms with Crippen molar-refractivity contribution >= 4 is 34.9 Å². The molecular weight excluding hydrogens is 545 g/mol. The number of amidine groups is 1. The molecule has 3 aromatic rings. The summed E-state index contributed by atoms with van der Waals surface area (Å²) in [6.45, 7) is 2.44. The topological polar surface area (TPSA) is 149 Å². The Hall–Kier alpha value is -4.37. The van der Waals surface area contributed by atoms with Crippen LogP contribution >= 0.6 is 0 Å². The van der Waals surface area contributed by atoms with E-state index in [2.05, 4.69) is 30.5 Å². The molecule has 2 unspecified atom stereocenters. The van der Waals surface area contributed by atoms with Gasteiger partial charge in [0, 0.05) is 24.3 Å². The molecule has 41 heavy (non-hydrogen) atoms. The van der Waals surface area contributed by atoms with Crippen LogP contribution in [0.1, 0.15) is 42.2 Å². The number of pyridine rings is 1. The number of quaternary nitrogens is 1. The predicted molar refractivity (Wildman–Crippen MR) is 142 cm³/mol. The van der Waals surface area contributed by atoms with Gasteiger partial charge in [0.05, 0.1) is 0 Å². The summed E-state index contributed by atoms with van der Waals surface area (Å²) in [4.78, 5) is 42.3. The Kier molecular flexibility index (Phi) is 7.48. The van der Waals surface area contributed by atoms with Crippen molar-refractivity contribution in [3.63, 3.8) is 0 Å². The maximum Gasteiger partial charge on any atom is 0.497 e. The molecule has 12 nitrogen and oxygen atoms in total. The number of fused-ring (bicyclic) bond motifs is 1. The van der Waals surface area contributed by atoms with E-state index in [1.54, 1.807) is 30.3 Å². The molecule has 2 aliphatic rings. The normalized spacial score (nSPS) is 20.5. The van der Waals surface area contributed by atoms with Crippen LogP contribution in [0.5, 0.6) is 0 Å². The smallest absolute Gasteiger partial charge is 0.379 e. The van der Waals surface area contributed by atoms with Crippen LogP contribution in [0.3, 0.4) is 0 Å². The van der Waals surface area contributed by atoms with Crippen molar-refractivity contribution in [1.82, 2.24) is 30.2 Å². The molecule has 2 aromatic heterocycles. The highest BCUT2D eigenvalue weighted by atomic mass is 19.4. The van der Waals surface area contributed by atoms with Crippen molar-refractivity contribution in [3.05, 3.63) is 47.8 Å². The van der Waals surface area contributed by atoms with Gasteiger partial charge < -0.3 is 16.0 Å². The number of hydrogen-bond acceptors (Lipinski definition) is 10. The number of anilines is 1. The van der Waals surface area contributed by atoms with Crippen LogP contribution in [0.4, 0.5) is 30.4 Å². The molecule has 2 atom stereocenters. The minimum atomic E-state index is -5.35. The Morgan fingerprint density at radius 3 is 2.59 bits per heavy atom. The average molecular weight is 574 g/mol. The first kappa shape index (κ1) is 28.2. The van der Waals surface area contributed by atoms with E-state index >= 15 is 0 Å². The summed E-state index contributed by atoms with van der Waals surface area (Å²) in [7, 11) is 2.02. The highest BCUT2D eigenvalue weighted by Gasteiger charge is 2.58. The number of amides is 1. The van der Waals surface area contributed by atoms with Gasteiger partial charge in [-0.3, -0.25) is 14.6 Å². The number of halogens is 3. The summed E-state index contributed by atoms with van der Waals surface area (Å²) >= 11 is 0. The van der Waals surface area contributed by atoms with Crippen LogP contribution in [-0.2, 0) is 9.63 Å². The molecule has 0 bridgehead atoms. The summed E-state index contributed by atoms with van der Waals surface area (Å²) in [6.07, 6.45) is -1.37. The second-order valence-corrected chi connectivity index (χ2v) is 9.77. The van der Waals surface area contributed by atoms with Crippen molar-refractivity contribution in [2.45, 2.75) is 38.4 Å². The minimum Gasteiger partial charge on any atom is -0.379 e. The van der Waals surface area contributed by atoms with Crippen LogP contribution in [0, 0.1) is 0 Å². The Morgan fingerprint density at radius 2 is 1.98 bits per heavy atom. The van der Waals surface area contributed by atoms with Gasteiger partial charge in [0.1, 0.15) is 17.8 Å². The Balaban J connectivity index is 1.65. The third kappa shape index (κ3) is 5.13. The molecule has 1 amide bonds. The largest absolute Gasteiger partial charge is 0.497 e. The van der Waals surface area contributed by atoms with Crippen molar-refractivity contribution in [3.8, 4) is 11.3 Å². The van der Waals surface area contributed by atoms with Crippen molar-refractivity contribution in [2.75, 3.05) is 32.4 Å². The van der Waals surface area contributed by atoms with Crippen LogP contribution in [0.25, 0.3) is 11.3 Å². The van der Waals surface area contributed by atoms with E-state index in [4.69, 9.17) is 15.2 Å². The summed E-state index contributed by atoms with van der Waals surface area (Å²) in [5.74, 6) is -3.72. The van der Waals surface area contributed by atoms with Gasteiger partial charge in [0.15, 0.2) is 5.69 Å². The molecular formula is C26H28F3N8O4+. The second kappa shape index (κ2) is 10.9. The number of aromatic nitrogens is 3. The minimum absolute atomic E-state index is 0.0219. The highest BCUT2D eigenvalue weighted by Crippen LogP contribution is 2.50. The number of nitrogen functional groups attached to an aromatic ring is 1. The SMILES string of the molecule is CC[N+]1(OC(=O)C(F)(F)F)C(c2nonc2N)=Nc2c(-c3ccccc3)ncc(C(=O)NCCC3CCCN3C)c21. The molecule has 0 saturated carbocycles. The van der Waals surface area contributed by atoms with Gasteiger partial charge in [-0.1, -0.05) is 30.3 Å². The molecule has 1 fully saturated rings. The quantitative estimate of drug-likeness (QED) is 0.387. The fourth-order valence-corrected chi connectivity index (χ4v) is 5.25. The lowest BCUT2D eigenvalue weighted by Crippen LogP contribution is -2.56.